The summed E-state index contributed by atoms with van der Waals surface area (Å²) in [7, 11) is 0. The lowest BCUT2D eigenvalue weighted by molar-refractivity contribution is -0.124. The van der Waals surface area contributed by atoms with E-state index >= 15 is 0 Å². The molecule has 1 amide bonds. The van der Waals surface area contributed by atoms with Gasteiger partial charge in [0, 0.05) is 5.92 Å². The number of hydrogen-bond donors (Lipinski definition) is 2. The van der Waals surface area contributed by atoms with Crippen LogP contribution in [-0.4, -0.2) is 16.4 Å². The summed E-state index contributed by atoms with van der Waals surface area (Å²) < 4.78 is 0. The number of carbonyl (C=O) groups is 1. The molecular formula is C16H26N2OS. The third kappa shape index (κ3) is 2.47. The highest BCUT2D eigenvalue weighted by molar-refractivity contribution is 7.80. The molecule has 2 unspecified atom stereocenters. The maximum absolute atomic E-state index is 12.6. The lowest BCUT2D eigenvalue weighted by Crippen LogP contribution is -2.58. The van der Waals surface area contributed by atoms with Crippen LogP contribution in [0.3, 0.4) is 0 Å². The van der Waals surface area contributed by atoms with E-state index < -0.39 is 5.54 Å². The monoisotopic (exact) mass is 294 g/mol. The van der Waals surface area contributed by atoms with Gasteiger partial charge in [-0.1, -0.05) is 32.0 Å². The van der Waals surface area contributed by atoms with Gasteiger partial charge in [0.2, 0.25) is 5.91 Å². The van der Waals surface area contributed by atoms with Crippen molar-refractivity contribution < 1.29 is 4.79 Å². The Morgan fingerprint density at radius 1 is 1.15 bits per heavy atom. The molecule has 3 N–H and O–H groups in total. The van der Waals surface area contributed by atoms with Crippen molar-refractivity contribution in [2.24, 2.45) is 29.4 Å². The quantitative estimate of drug-likeness (QED) is 0.787. The zero-order valence-electron chi connectivity index (χ0n) is 12.4. The maximum Gasteiger partial charge on any atom is 0.224 e. The highest BCUT2D eigenvalue weighted by Gasteiger charge is 2.56. The van der Waals surface area contributed by atoms with E-state index in [-0.39, 0.29) is 11.8 Å². The molecule has 2 atom stereocenters. The first kappa shape index (κ1) is 14.3. The number of rotatable bonds is 3. The van der Waals surface area contributed by atoms with Gasteiger partial charge in [-0.2, -0.15) is 0 Å². The minimum Gasteiger partial charge on any atom is -0.391 e. The Hall–Kier alpha value is -0.640. The second-order valence-corrected chi connectivity index (χ2v) is 7.70. The molecule has 0 bridgehead atoms. The molecule has 3 rings (SSSR count). The first-order valence-electron chi connectivity index (χ1n) is 8.15. The Morgan fingerprint density at radius 3 is 2.20 bits per heavy atom. The highest BCUT2D eigenvalue weighted by atomic mass is 32.1. The van der Waals surface area contributed by atoms with E-state index in [9.17, 15) is 4.79 Å². The average molecular weight is 294 g/mol. The summed E-state index contributed by atoms with van der Waals surface area (Å²) in [6.45, 7) is 2.26. The largest absolute Gasteiger partial charge is 0.391 e. The minimum absolute atomic E-state index is 0.226. The van der Waals surface area contributed by atoms with Gasteiger partial charge in [-0.3, -0.25) is 4.79 Å². The Morgan fingerprint density at radius 2 is 1.70 bits per heavy atom. The Balaban J connectivity index is 1.65. The Bertz CT molecular complexity index is 403. The summed E-state index contributed by atoms with van der Waals surface area (Å²) in [5, 5.41) is 3.27. The summed E-state index contributed by atoms with van der Waals surface area (Å²) >= 11 is 5.28. The van der Waals surface area contributed by atoms with E-state index in [0.717, 1.165) is 31.6 Å². The third-order valence-electron chi connectivity index (χ3n) is 5.92. The van der Waals surface area contributed by atoms with E-state index in [1.165, 1.54) is 25.7 Å². The predicted molar refractivity (Wildman–Crippen MR) is 84.2 cm³/mol. The first-order chi connectivity index (χ1) is 9.53. The van der Waals surface area contributed by atoms with Crippen molar-refractivity contribution in [1.82, 2.24) is 5.32 Å². The van der Waals surface area contributed by atoms with Crippen LogP contribution in [0.15, 0.2) is 0 Å². The van der Waals surface area contributed by atoms with Crippen LogP contribution in [0.4, 0.5) is 0 Å². The molecule has 3 fully saturated rings. The standard InChI is InChI=1S/C16H26N2OS/c1-10-6-8-16(9-7-10,15(17)20)18-14(19)13-11-4-2-3-5-12(11)13/h10-13H,2-9H2,1H3,(H2,17,20)(H,18,19). The van der Waals surface area contributed by atoms with Gasteiger partial charge in [0.1, 0.15) is 0 Å². The van der Waals surface area contributed by atoms with E-state index in [0.29, 0.717) is 16.8 Å². The molecule has 0 aromatic carbocycles. The number of hydrogen-bond acceptors (Lipinski definition) is 2. The lowest BCUT2D eigenvalue weighted by Gasteiger charge is -2.39. The molecule has 3 nitrogen and oxygen atoms in total. The van der Waals surface area contributed by atoms with Crippen molar-refractivity contribution in [3.63, 3.8) is 0 Å². The van der Waals surface area contributed by atoms with E-state index in [4.69, 9.17) is 18.0 Å². The molecule has 0 radical (unpaired) electrons. The van der Waals surface area contributed by atoms with Gasteiger partial charge in [-0.15, -0.1) is 0 Å². The van der Waals surface area contributed by atoms with Gasteiger partial charge in [-0.25, -0.2) is 0 Å². The number of amides is 1. The molecule has 0 aromatic rings. The number of nitrogens with one attached hydrogen (secondary N) is 1. The van der Waals surface area contributed by atoms with Crippen LogP contribution < -0.4 is 11.1 Å². The molecule has 20 heavy (non-hydrogen) atoms. The number of fused-ring (bicyclic) bond motifs is 1. The van der Waals surface area contributed by atoms with E-state index in [1.807, 2.05) is 0 Å². The minimum atomic E-state index is -0.398. The molecule has 4 heteroatoms. The van der Waals surface area contributed by atoms with Gasteiger partial charge < -0.3 is 11.1 Å². The second kappa shape index (κ2) is 5.28. The molecular weight excluding hydrogens is 268 g/mol. The number of nitrogens with two attached hydrogens (primary N) is 1. The van der Waals surface area contributed by atoms with Gasteiger partial charge in [0.05, 0.1) is 10.5 Å². The van der Waals surface area contributed by atoms with Crippen LogP contribution in [-0.2, 0) is 4.79 Å². The molecule has 3 aliphatic carbocycles. The molecule has 3 saturated carbocycles. The fourth-order valence-corrected chi connectivity index (χ4v) is 4.64. The molecule has 0 saturated heterocycles. The number of thiocarbonyl (C=S) groups is 1. The van der Waals surface area contributed by atoms with Crippen LogP contribution in [0.5, 0.6) is 0 Å². The third-order valence-corrected chi connectivity index (χ3v) is 6.31. The molecule has 0 aromatic heterocycles. The van der Waals surface area contributed by atoms with Crippen LogP contribution in [0, 0.1) is 23.7 Å². The van der Waals surface area contributed by atoms with Crippen molar-refractivity contribution in [2.45, 2.75) is 63.8 Å². The van der Waals surface area contributed by atoms with E-state index in [1.54, 1.807) is 0 Å². The summed E-state index contributed by atoms with van der Waals surface area (Å²) in [6.07, 6.45) is 9.10. The van der Waals surface area contributed by atoms with Gasteiger partial charge in [-0.05, 0) is 56.3 Å². The molecule has 0 aliphatic heterocycles. The average Bonchev–Trinajstić information content (AvgIpc) is 3.15. The van der Waals surface area contributed by atoms with Crippen molar-refractivity contribution in [1.29, 1.82) is 0 Å². The molecule has 0 spiro atoms. The summed E-state index contributed by atoms with van der Waals surface area (Å²) in [5.74, 6) is 2.49. The summed E-state index contributed by atoms with van der Waals surface area (Å²) in [4.78, 5) is 13.1. The topological polar surface area (TPSA) is 55.1 Å². The zero-order chi connectivity index (χ0) is 14.3. The normalized spacial score (nSPS) is 43.5. The van der Waals surface area contributed by atoms with Gasteiger partial charge >= 0.3 is 0 Å². The van der Waals surface area contributed by atoms with Crippen molar-refractivity contribution in [3.8, 4) is 0 Å². The van der Waals surface area contributed by atoms with Crippen molar-refractivity contribution in [2.75, 3.05) is 0 Å². The molecule has 112 valence electrons. The Labute approximate surface area is 127 Å². The fourth-order valence-electron chi connectivity index (χ4n) is 4.39. The highest BCUT2D eigenvalue weighted by Crippen LogP contribution is 2.55. The van der Waals surface area contributed by atoms with Gasteiger partial charge in [0.15, 0.2) is 0 Å². The second-order valence-electron chi connectivity index (χ2n) is 7.26. The van der Waals surface area contributed by atoms with E-state index in [2.05, 4.69) is 12.2 Å². The smallest absolute Gasteiger partial charge is 0.224 e. The number of carbonyl (C=O) groups excluding carboxylic acids is 1. The van der Waals surface area contributed by atoms with Crippen LogP contribution in [0.1, 0.15) is 58.3 Å². The van der Waals surface area contributed by atoms with Crippen molar-refractivity contribution >= 4 is 23.1 Å². The lowest BCUT2D eigenvalue weighted by atomic mass is 9.77. The SMILES string of the molecule is CC1CCC(NC(=O)C2C3CCCCC32)(C(N)=S)CC1. The summed E-state index contributed by atoms with van der Waals surface area (Å²) in [6, 6.07) is 0. The molecule has 0 heterocycles. The predicted octanol–water partition coefficient (Wildman–Crippen LogP) is 2.77. The van der Waals surface area contributed by atoms with Crippen LogP contribution in [0.2, 0.25) is 0 Å². The van der Waals surface area contributed by atoms with Crippen LogP contribution in [0.25, 0.3) is 0 Å². The maximum atomic E-state index is 12.6. The molecule has 3 aliphatic rings. The summed E-state index contributed by atoms with van der Waals surface area (Å²) in [5.41, 5.74) is 5.58. The van der Waals surface area contributed by atoms with Crippen molar-refractivity contribution in [3.05, 3.63) is 0 Å². The van der Waals surface area contributed by atoms with Crippen LogP contribution >= 0.6 is 12.2 Å². The zero-order valence-corrected chi connectivity index (χ0v) is 13.2. The fraction of sp³-hybridized carbons (Fsp3) is 0.875. The van der Waals surface area contributed by atoms with Gasteiger partial charge in [0.25, 0.3) is 0 Å². The Kier molecular flexibility index (Phi) is 3.78. The first-order valence-corrected chi connectivity index (χ1v) is 8.56.